The molecule has 13 heavy (non-hydrogen) atoms. The fraction of sp³-hybridized carbons (Fsp3) is 0.111. The predicted octanol–water partition coefficient (Wildman–Crippen LogP) is 1.53. The zero-order valence-corrected chi connectivity index (χ0v) is 6.65. The normalized spacial score (nSPS) is 14.0. The quantitative estimate of drug-likeness (QED) is 0.371. The average molecular weight is 178 g/mol. The zero-order chi connectivity index (χ0) is 9.26. The summed E-state index contributed by atoms with van der Waals surface area (Å²) in [5.74, 6) is 0.404. The Morgan fingerprint density at radius 2 is 2.23 bits per heavy atom. The van der Waals surface area contributed by atoms with Crippen LogP contribution in [0.15, 0.2) is 18.2 Å². The summed E-state index contributed by atoms with van der Waals surface area (Å²) in [6.45, 7) is 0.202. The van der Waals surface area contributed by atoms with E-state index < -0.39 is 6.16 Å². The van der Waals surface area contributed by atoms with E-state index in [9.17, 15) is 9.59 Å². The van der Waals surface area contributed by atoms with E-state index in [0.717, 1.165) is 5.56 Å². The van der Waals surface area contributed by atoms with Crippen LogP contribution in [0, 0.1) is 0 Å². The summed E-state index contributed by atoms with van der Waals surface area (Å²) in [6, 6.07) is 4.86. The SMILES string of the molecule is O=Cc1ccc2c(c1)OC(=O)OC2. The van der Waals surface area contributed by atoms with Crippen LogP contribution in [-0.2, 0) is 11.3 Å². The highest BCUT2D eigenvalue weighted by Crippen LogP contribution is 2.24. The first-order valence-electron chi connectivity index (χ1n) is 3.72. The number of cyclic esters (lactones) is 1. The molecule has 1 aliphatic heterocycles. The van der Waals surface area contributed by atoms with Crippen molar-refractivity contribution in [3.8, 4) is 5.75 Å². The maximum atomic E-state index is 10.7. The molecule has 0 fully saturated rings. The summed E-state index contributed by atoms with van der Waals surface area (Å²) in [5, 5.41) is 0. The van der Waals surface area contributed by atoms with Crippen molar-refractivity contribution in [2.24, 2.45) is 0 Å². The topological polar surface area (TPSA) is 52.6 Å². The second kappa shape index (κ2) is 2.90. The molecule has 0 N–H and O–H groups in total. The lowest BCUT2D eigenvalue weighted by Crippen LogP contribution is -2.17. The number of carbonyl (C=O) groups excluding carboxylic acids is 2. The van der Waals surface area contributed by atoms with Crippen LogP contribution in [0.1, 0.15) is 15.9 Å². The van der Waals surface area contributed by atoms with Crippen molar-refractivity contribution >= 4 is 12.4 Å². The number of rotatable bonds is 1. The Morgan fingerprint density at radius 1 is 1.38 bits per heavy atom. The van der Waals surface area contributed by atoms with E-state index in [4.69, 9.17) is 4.74 Å². The first-order valence-corrected chi connectivity index (χ1v) is 3.72. The molecule has 0 atom stereocenters. The van der Waals surface area contributed by atoms with Gasteiger partial charge in [-0.05, 0) is 6.07 Å². The van der Waals surface area contributed by atoms with Gasteiger partial charge < -0.3 is 9.47 Å². The molecule has 4 nitrogen and oxygen atoms in total. The van der Waals surface area contributed by atoms with E-state index in [2.05, 4.69) is 4.74 Å². The van der Waals surface area contributed by atoms with Gasteiger partial charge in [-0.25, -0.2) is 4.79 Å². The van der Waals surface area contributed by atoms with E-state index >= 15 is 0 Å². The monoisotopic (exact) mass is 178 g/mol. The number of hydrogen-bond donors (Lipinski definition) is 0. The predicted molar refractivity (Wildman–Crippen MR) is 42.6 cm³/mol. The van der Waals surface area contributed by atoms with Crippen molar-refractivity contribution in [3.63, 3.8) is 0 Å². The third kappa shape index (κ3) is 1.38. The highest BCUT2D eigenvalue weighted by Gasteiger charge is 2.17. The van der Waals surface area contributed by atoms with Crippen LogP contribution in [0.5, 0.6) is 5.75 Å². The Morgan fingerprint density at radius 3 is 3.00 bits per heavy atom. The van der Waals surface area contributed by atoms with Crippen LogP contribution in [0.4, 0.5) is 4.79 Å². The molecular formula is C9H6O4. The van der Waals surface area contributed by atoms with Crippen molar-refractivity contribution in [1.82, 2.24) is 0 Å². The molecule has 1 aliphatic rings. The molecule has 0 saturated heterocycles. The average Bonchev–Trinajstić information content (AvgIpc) is 2.16. The fourth-order valence-electron chi connectivity index (χ4n) is 1.11. The standard InChI is InChI=1S/C9H6O4/c10-4-6-1-2-7-5-12-9(11)13-8(7)3-6/h1-4H,5H2. The second-order valence-corrected chi connectivity index (χ2v) is 2.63. The molecule has 0 radical (unpaired) electrons. The maximum absolute atomic E-state index is 10.7. The van der Waals surface area contributed by atoms with Crippen molar-refractivity contribution in [2.75, 3.05) is 0 Å². The van der Waals surface area contributed by atoms with Crippen LogP contribution in [-0.4, -0.2) is 12.4 Å². The Bertz CT molecular complexity index is 370. The maximum Gasteiger partial charge on any atom is 0.514 e. The van der Waals surface area contributed by atoms with E-state index in [-0.39, 0.29) is 6.61 Å². The molecule has 4 heteroatoms. The number of aldehydes is 1. The van der Waals surface area contributed by atoms with Crippen LogP contribution in [0.3, 0.4) is 0 Å². The molecule has 0 saturated carbocycles. The van der Waals surface area contributed by atoms with Gasteiger partial charge in [-0.15, -0.1) is 0 Å². The van der Waals surface area contributed by atoms with Gasteiger partial charge in [-0.2, -0.15) is 0 Å². The minimum atomic E-state index is -0.726. The van der Waals surface area contributed by atoms with Crippen LogP contribution >= 0.6 is 0 Å². The van der Waals surface area contributed by atoms with E-state index in [1.165, 1.54) is 6.07 Å². The summed E-state index contributed by atoms with van der Waals surface area (Å²) >= 11 is 0. The van der Waals surface area contributed by atoms with Crippen molar-refractivity contribution < 1.29 is 19.1 Å². The Hall–Kier alpha value is -1.84. The molecule has 0 amide bonds. The third-order valence-electron chi connectivity index (χ3n) is 1.77. The van der Waals surface area contributed by atoms with E-state index in [1.54, 1.807) is 12.1 Å². The molecule has 1 aromatic rings. The Labute approximate surface area is 74.1 Å². The lowest BCUT2D eigenvalue weighted by Gasteiger charge is -2.15. The molecule has 0 bridgehead atoms. The van der Waals surface area contributed by atoms with Gasteiger partial charge in [0.15, 0.2) is 0 Å². The number of benzene rings is 1. The summed E-state index contributed by atoms with van der Waals surface area (Å²) in [4.78, 5) is 21.1. The van der Waals surface area contributed by atoms with Gasteiger partial charge in [0.05, 0.1) is 0 Å². The van der Waals surface area contributed by atoms with Gasteiger partial charge in [0.2, 0.25) is 0 Å². The molecule has 1 aromatic carbocycles. The molecule has 1 heterocycles. The molecular weight excluding hydrogens is 172 g/mol. The Balaban J connectivity index is 2.43. The Kier molecular flexibility index (Phi) is 1.73. The van der Waals surface area contributed by atoms with Crippen molar-refractivity contribution in [2.45, 2.75) is 6.61 Å². The number of fused-ring (bicyclic) bond motifs is 1. The third-order valence-corrected chi connectivity index (χ3v) is 1.77. The van der Waals surface area contributed by atoms with Gasteiger partial charge >= 0.3 is 6.16 Å². The molecule has 0 aromatic heterocycles. The summed E-state index contributed by atoms with van der Waals surface area (Å²) in [7, 11) is 0. The van der Waals surface area contributed by atoms with Crippen LogP contribution < -0.4 is 4.74 Å². The second-order valence-electron chi connectivity index (χ2n) is 2.63. The summed E-state index contributed by atoms with van der Waals surface area (Å²) < 4.78 is 9.38. The van der Waals surface area contributed by atoms with E-state index in [1.807, 2.05) is 0 Å². The van der Waals surface area contributed by atoms with E-state index in [0.29, 0.717) is 17.6 Å². The molecule has 0 spiro atoms. The molecule has 2 rings (SSSR count). The van der Waals surface area contributed by atoms with Crippen LogP contribution in [0.25, 0.3) is 0 Å². The van der Waals surface area contributed by atoms with Gasteiger partial charge in [0.1, 0.15) is 18.6 Å². The van der Waals surface area contributed by atoms with Gasteiger partial charge in [-0.1, -0.05) is 12.1 Å². The minimum Gasteiger partial charge on any atom is -0.429 e. The van der Waals surface area contributed by atoms with Gasteiger partial charge in [-0.3, -0.25) is 4.79 Å². The van der Waals surface area contributed by atoms with Crippen LogP contribution in [0.2, 0.25) is 0 Å². The summed E-state index contributed by atoms with van der Waals surface area (Å²) in [5.41, 5.74) is 1.25. The lowest BCUT2D eigenvalue weighted by atomic mass is 10.1. The highest BCUT2D eigenvalue weighted by molar-refractivity contribution is 5.77. The van der Waals surface area contributed by atoms with Crippen molar-refractivity contribution in [1.29, 1.82) is 0 Å². The minimum absolute atomic E-state index is 0.202. The molecule has 0 unspecified atom stereocenters. The number of hydrogen-bond acceptors (Lipinski definition) is 4. The number of ether oxygens (including phenoxy) is 2. The van der Waals surface area contributed by atoms with Gasteiger partial charge in [0.25, 0.3) is 0 Å². The lowest BCUT2D eigenvalue weighted by molar-refractivity contribution is 0.0783. The molecule has 0 aliphatic carbocycles. The fourth-order valence-corrected chi connectivity index (χ4v) is 1.11. The highest BCUT2D eigenvalue weighted by atomic mass is 16.7. The first-order chi connectivity index (χ1) is 6.29. The van der Waals surface area contributed by atoms with Gasteiger partial charge in [0, 0.05) is 11.1 Å². The largest absolute Gasteiger partial charge is 0.514 e. The van der Waals surface area contributed by atoms with Crippen molar-refractivity contribution in [3.05, 3.63) is 29.3 Å². The smallest absolute Gasteiger partial charge is 0.429 e. The zero-order valence-electron chi connectivity index (χ0n) is 6.65. The first kappa shape index (κ1) is 7.79. The summed E-state index contributed by atoms with van der Waals surface area (Å²) in [6.07, 6.45) is -0.0283. The molecule has 66 valence electrons. The number of carbonyl (C=O) groups is 2.